The first kappa shape index (κ1) is 13.3. The maximum Gasteiger partial charge on any atom is 0.101 e. The molecule has 0 saturated carbocycles. The van der Waals surface area contributed by atoms with Gasteiger partial charge in [0.25, 0.3) is 0 Å². The number of furan rings is 1. The summed E-state index contributed by atoms with van der Waals surface area (Å²) in [5.74, 6) is 0.872. The number of aryl methyl sites for hydroxylation is 1. The van der Waals surface area contributed by atoms with E-state index < -0.39 is 0 Å². The van der Waals surface area contributed by atoms with Crippen LogP contribution in [0.1, 0.15) is 69.3 Å². The van der Waals surface area contributed by atoms with Gasteiger partial charge in [0.2, 0.25) is 0 Å². The maximum absolute atomic E-state index is 9.88. The summed E-state index contributed by atoms with van der Waals surface area (Å²) in [5.41, 5.74) is 0.922. The van der Waals surface area contributed by atoms with Crippen LogP contribution < -0.4 is 0 Å². The molecule has 1 heterocycles. The molecule has 92 valence electrons. The predicted octanol–water partition coefficient (Wildman–Crippen LogP) is 4.37. The lowest BCUT2D eigenvalue weighted by atomic mass is 10.0. The van der Waals surface area contributed by atoms with Crippen LogP contribution in [0.4, 0.5) is 0 Å². The van der Waals surface area contributed by atoms with E-state index in [1.807, 2.05) is 13.0 Å². The van der Waals surface area contributed by atoms with Crippen molar-refractivity contribution in [3.8, 4) is 0 Å². The zero-order valence-corrected chi connectivity index (χ0v) is 10.5. The highest BCUT2D eigenvalue weighted by atomic mass is 16.3. The first-order valence-electron chi connectivity index (χ1n) is 6.47. The van der Waals surface area contributed by atoms with Crippen molar-refractivity contribution in [3.05, 3.63) is 23.7 Å². The molecule has 0 bridgehead atoms. The first-order valence-corrected chi connectivity index (χ1v) is 6.47. The molecule has 0 aliphatic heterocycles. The molecule has 0 aliphatic carbocycles. The van der Waals surface area contributed by atoms with E-state index in [2.05, 4.69) is 6.92 Å². The fourth-order valence-electron chi connectivity index (χ4n) is 1.92. The highest BCUT2D eigenvalue weighted by Crippen LogP contribution is 2.21. The maximum atomic E-state index is 9.88. The van der Waals surface area contributed by atoms with Gasteiger partial charge in [0.1, 0.15) is 5.76 Å². The standard InChI is InChI=1S/C14H24O2/c1-3-4-5-6-7-8-9-14(15)13-10-12(2)16-11-13/h10-11,14-15H,3-9H2,1-2H3. The molecule has 1 aromatic rings. The van der Waals surface area contributed by atoms with Crippen molar-refractivity contribution in [3.63, 3.8) is 0 Å². The Bertz CT molecular complexity index is 278. The van der Waals surface area contributed by atoms with Crippen molar-refractivity contribution in [1.29, 1.82) is 0 Å². The highest BCUT2D eigenvalue weighted by molar-refractivity contribution is 5.14. The van der Waals surface area contributed by atoms with E-state index in [1.54, 1.807) is 6.26 Å². The summed E-state index contributed by atoms with van der Waals surface area (Å²) in [5, 5.41) is 9.88. The summed E-state index contributed by atoms with van der Waals surface area (Å²) in [4.78, 5) is 0. The van der Waals surface area contributed by atoms with E-state index in [9.17, 15) is 5.11 Å². The third kappa shape index (κ3) is 4.84. The third-order valence-electron chi connectivity index (χ3n) is 2.97. The van der Waals surface area contributed by atoms with E-state index in [0.29, 0.717) is 0 Å². The molecule has 2 nitrogen and oxygen atoms in total. The number of unbranched alkanes of at least 4 members (excludes halogenated alkanes) is 5. The summed E-state index contributed by atoms with van der Waals surface area (Å²) >= 11 is 0. The number of hydrogen-bond donors (Lipinski definition) is 1. The lowest BCUT2D eigenvalue weighted by molar-refractivity contribution is 0.162. The molecular weight excluding hydrogens is 200 g/mol. The Morgan fingerprint density at radius 2 is 1.88 bits per heavy atom. The van der Waals surface area contributed by atoms with Crippen LogP contribution in [0.3, 0.4) is 0 Å². The average molecular weight is 224 g/mol. The summed E-state index contributed by atoms with van der Waals surface area (Å²) in [6.45, 7) is 4.13. The Balaban J connectivity index is 2.09. The summed E-state index contributed by atoms with van der Waals surface area (Å²) < 4.78 is 5.19. The van der Waals surface area contributed by atoms with Gasteiger partial charge < -0.3 is 9.52 Å². The van der Waals surface area contributed by atoms with Crippen LogP contribution in [0.2, 0.25) is 0 Å². The molecule has 0 fully saturated rings. The first-order chi connectivity index (χ1) is 7.74. The second-order valence-electron chi connectivity index (χ2n) is 4.56. The minimum Gasteiger partial charge on any atom is -0.469 e. The second-order valence-corrected chi connectivity index (χ2v) is 4.56. The van der Waals surface area contributed by atoms with Crippen molar-refractivity contribution in [2.45, 2.75) is 64.9 Å². The van der Waals surface area contributed by atoms with Gasteiger partial charge in [0.05, 0.1) is 12.4 Å². The molecule has 1 aromatic heterocycles. The van der Waals surface area contributed by atoms with Crippen molar-refractivity contribution in [1.82, 2.24) is 0 Å². The van der Waals surface area contributed by atoms with Crippen LogP contribution in [-0.2, 0) is 0 Å². The summed E-state index contributed by atoms with van der Waals surface area (Å²) in [7, 11) is 0. The van der Waals surface area contributed by atoms with Gasteiger partial charge in [-0.25, -0.2) is 0 Å². The number of hydrogen-bond acceptors (Lipinski definition) is 2. The van der Waals surface area contributed by atoms with Gasteiger partial charge in [-0.2, -0.15) is 0 Å². The molecule has 1 unspecified atom stereocenters. The zero-order valence-electron chi connectivity index (χ0n) is 10.5. The molecule has 0 spiro atoms. The molecular formula is C14H24O2. The van der Waals surface area contributed by atoms with Gasteiger partial charge in [-0.3, -0.25) is 0 Å². The van der Waals surface area contributed by atoms with Crippen molar-refractivity contribution >= 4 is 0 Å². The fourth-order valence-corrected chi connectivity index (χ4v) is 1.92. The normalized spacial score (nSPS) is 12.9. The van der Waals surface area contributed by atoms with E-state index in [1.165, 1.54) is 32.1 Å². The Kier molecular flexibility index (Phi) is 6.24. The molecule has 0 radical (unpaired) electrons. The zero-order chi connectivity index (χ0) is 11.8. The average Bonchev–Trinajstić information content (AvgIpc) is 2.70. The van der Waals surface area contributed by atoms with Gasteiger partial charge in [0.15, 0.2) is 0 Å². The van der Waals surface area contributed by atoms with Crippen LogP contribution >= 0.6 is 0 Å². The summed E-state index contributed by atoms with van der Waals surface area (Å²) in [6.07, 6.45) is 9.76. The van der Waals surface area contributed by atoms with E-state index >= 15 is 0 Å². The van der Waals surface area contributed by atoms with Gasteiger partial charge in [0, 0.05) is 5.56 Å². The molecule has 1 atom stereocenters. The van der Waals surface area contributed by atoms with Gasteiger partial charge >= 0.3 is 0 Å². The highest BCUT2D eigenvalue weighted by Gasteiger charge is 2.09. The second kappa shape index (κ2) is 7.50. The van der Waals surface area contributed by atoms with E-state index in [4.69, 9.17) is 4.42 Å². The van der Waals surface area contributed by atoms with Crippen molar-refractivity contribution < 1.29 is 9.52 Å². The van der Waals surface area contributed by atoms with Crippen molar-refractivity contribution in [2.24, 2.45) is 0 Å². The monoisotopic (exact) mass is 224 g/mol. The molecule has 16 heavy (non-hydrogen) atoms. The molecule has 1 N–H and O–H groups in total. The molecule has 0 amide bonds. The molecule has 1 rings (SSSR count). The lowest BCUT2D eigenvalue weighted by Gasteiger charge is -2.07. The van der Waals surface area contributed by atoms with E-state index in [-0.39, 0.29) is 6.10 Å². The van der Waals surface area contributed by atoms with Gasteiger partial charge in [-0.05, 0) is 19.4 Å². The Labute approximate surface area is 98.7 Å². The van der Waals surface area contributed by atoms with Gasteiger partial charge in [-0.1, -0.05) is 45.4 Å². The SMILES string of the molecule is CCCCCCCCC(O)c1coc(C)c1. The Hall–Kier alpha value is -0.760. The minimum atomic E-state index is -0.344. The molecule has 2 heteroatoms. The predicted molar refractivity (Wildman–Crippen MR) is 66.4 cm³/mol. The Morgan fingerprint density at radius 1 is 1.19 bits per heavy atom. The van der Waals surface area contributed by atoms with Crippen LogP contribution in [0.15, 0.2) is 16.7 Å². The van der Waals surface area contributed by atoms with E-state index in [0.717, 1.165) is 24.2 Å². The molecule has 0 aliphatic rings. The minimum absolute atomic E-state index is 0.344. The van der Waals surface area contributed by atoms with Crippen LogP contribution in [0, 0.1) is 6.92 Å². The van der Waals surface area contributed by atoms with Crippen LogP contribution in [-0.4, -0.2) is 5.11 Å². The molecule has 0 aromatic carbocycles. The quantitative estimate of drug-likeness (QED) is 0.665. The van der Waals surface area contributed by atoms with Crippen molar-refractivity contribution in [2.75, 3.05) is 0 Å². The number of aliphatic hydroxyl groups is 1. The largest absolute Gasteiger partial charge is 0.469 e. The van der Waals surface area contributed by atoms with Gasteiger partial charge in [-0.15, -0.1) is 0 Å². The lowest BCUT2D eigenvalue weighted by Crippen LogP contribution is -1.95. The topological polar surface area (TPSA) is 33.4 Å². The third-order valence-corrected chi connectivity index (χ3v) is 2.97. The summed E-state index contributed by atoms with van der Waals surface area (Å²) in [6, 6.07) is 1.92. The smallest absolute Gasteiger partial charge is 0.101 e. The molecule has 0 saturated heterocycles. The Morgan fingerprint density at radius 3 is 2.50 bits per heavy atom. The number of rotatable bonds is 8. The fraction of sp³-hybridized carbons (Fsp3) is 0.714. The van der Waals surface area contributed by atoms with Crippen LogP contribution in [0.25, 0.3) is 0 Å². The number of aliphatic hydroxyl groups excluding tert-OH is 1. The van der Waals surface area contributed by atoms with Crippen LogP contribution in [0.5, 0.6) is 0 Å².